The lowest BCUT2D eigenvalue weighted by Crippen LogP contribution is -2.42. The van der Waals surface area contributed by atoms with Gasteiger partial charge in [-0.25, -0.2) is 0 Å². The van der Waals surface area contributed by atoms with Crippen LogP contribution in [-0.4, -0.2) is 25.6 Å². The minimum Gasteiger partial charge on any atom is -0.329 e. The molecule has 3 rings (SSSR count). The first kappa shape index (κ1) is 16.0. The minimum absolute atomic E-state index is 0.0720. The van der Waals surface area contributed by atoms with Gasteiger partial charge in [-0.3, -0.25) is 4.79 Å². The second kappa shape index (κ2) is 5.64. The molecule has 6 heteroatoms. The molecule has 5 nitrogen and oxygen atoms in total. The standard InChI is InChI=1S/C17H21ClN4O/c1-11-15(23)21(9-12-7-5-6-8-13(12)18)10-14-19-20-16(22(11)14)17(2,3)4/h5-8,11H,9-10H2,1-4H3/t11-/m0/s1. The number of hydrogen-bond donors (Lipinski definition) is 0. The van der Waals surface area contributed by atoms with Crippen LogP contribution in [0.15, 0.2) is 24.3 Å². The van der Waals surface area contributed by atoms with Crippen LogP contribution in [0.4, 0.5) is 0 Å². The minimum atomic E-state index is -0.300. The molecule has 23 heavy (non-hydrogen) atoms. The van der Waals surface area contributed by atoms with Gasteiger partial charge >= 0.3 is 0 Å². The fraction of sp³-hybridized carbons (Fsp3) is 0.471. The van der Waals surface area contributed by atoms with Crippen molar-refractivity contribution < 1.29 is 4.79 Å². The number of aromatic nitrogens is 3. The second-order valence-electron chi connectivity index (χ2n) is 7.02. The van der Waals surface area contributed by atoms with Crippen molar-refractivity contribution in [1.29, 1.82) is 0 Å². The van der Waals surface area contributed by atoms with Crippen LogP contribution < -0.4 is 0 Å². The topological polar surface area (TPSA) is 51.0 Å². The van der Waals surface area contributed by atoms with Gasteiger partial charge in [0.05, 0.1) is 6.54 Å². The van der Waals surface area contributed by atoms with E-state index in [0.717, 1.165) is 17.2 Å². The van der Waals surface area contributed by atoms with Gasteiger partial charge in [-0.05, 0) is 18.6 Å². The number of hydrogen-bond acceptors (Lipinski definition) is 3. The molecule has 2 aromatic rings. The van der Waals surface area contributed by atoms with E-state index in [1.165, 1.54) is 0 Å². The molecule has 2 heterocycles. The van der Waals surface area contributed by atoms with E-state index in [0.29, 0.717) is 18.1 Å². The van der Waals surface area contributed by atoms with Crippen molar-refractivity contribution in [2.75, 3.05) is 0 Å². The number of carbonyl (C=O) groups excluding carboxylic acids is 1. The number of carbonyl (C=O) groups is 1. The van der Waals surface area contributed by atoms with Gasteiger partial charge in [0.2, 0.25) is 5.91 Å². The highest BCUT2D eigenvalue weighted by Crippen LogP contribution is 2.30. The average Bonchev–Trinajstić information content (AvgIpc) is 2.90. The molecular formula is C17H21ClN4O. The summed E-state index contributed by atoms with van der Waals surface area (Å²) >= 11 is 6.22. The first-order valence-electron chi connectivity index (χ1n) is 7.75. The predicted molar refractivity (Wildman–Crippen MR) is 89.1 cm³/mol. The fourth-order valence-corrected chi connectivity index (χ4v) is 3.13. The Labute approximate surface area is 141 Å². The van der Waals surface area contributed by atoms with E-state index in [4.69, 9.17) is 11.6 Å². The van der Waals surface area contributed by atoms with E-state index in [1.807, 2.05) is 35.8 Å². The molecule has 1 aromatic carbocycles. The molecule has 0 saturated carbocycles. The molecule has 1 aliphatic heterocycles. The average molecular weight is 333 g/mol. The maximum Gasteiger partial charge on any atom is 0.246 e. The van der Waals surface area contributed by atoms with Crippen molar-refractivity contribution in [2.24, 2.45) is 0 Å². The van der Waals surface area contributed by atoms with Crippen molar-refractivity contribution in [3.8, 4) is 0 Å². The third-order valence-corrected chi connectivity index (χ3v) is 4.51. The first-order valence-corrected chi connectivity index (χ1v) is 8.13. The Morgan fingerprint density at radius 1 is 1.26 bits per heavy atom. The van der Waals surface area contributed by atoms with Gasteiger partial charge < -0.3 is 9.47 Å². The smallest absolute Gasteiger partial charge is 0.246 e. The van der Waals surface area contributed by atoms with E-state index >= 15 is 0 Å². The molecule has 0 radical (unpaired) electrons. The monoisotopic (exact) mass is 332 g/mol. The van der Waals surface area contributed by atoms with Crippen LogP contribution in [0.2, 0.25) is 5.02 Å². The van der Waals surface area contributed by atoms with Crippen molar-refractivity contribution in [3.63, 3.8) is 0 Å². The zero-order valence-electron chi connectivity index (χ0n) is 13.9. The zero-order chi connectivity index (χ0) is 16.8. The maximum absolute atomic E-state index is 12.8. The number of amides is 1. The Hall–Kier alpha value is -1.88. The van der Waals surface area contributed by atoms with E-state index in [1.54, 1.807) is 4.90 Å². The Bertz CT molecular complexity index is 747. The van der Waals surface area contributed by atoms with E-state index < -0.39 is 0 Å². The van der Waals surface area contributed by atoms with Gasteiger partial charge in [0.15, 0.2) is 5.82 Å². The largest absolute Gasteiger partial charge is 0.329 e. The Balaban J connectivity index is 1.92. The van der Waals surface area contributed by atoms with Crippen LogP contribution in [0, 0.1) is 0 Å². The summed E-state index contributed by atoms with van der Waals surface area (Å²) < 4.78 is 1.98. The molecule has 1 amide bonds. The van der Waals surface area contributed by atoms with Crippen LogP contribution in [0.5, 0.6) is 0 Å². The van der Waals surface area contributed by atoms with Crippen molar-refractivity contribution in [2.45, 2.75) is 52.2 Å². The lowest BCUT2D eigenvalue weighted by atomic mass is 9.95. The summed E-state index contributed by atoms with van der Waals surface area (Å²) in [5.41, 5.74) is 0.795. The highest BCUT2D eigenvalue weighted by Gasteiger charge is 2.36. The molecule has 0 N–H and O–H groups in total. The SMILES string of the molecule is C[C@H]1C(=O)N(Cc2ccccc2Cl)Cc2nnc(C(C)(C)C)n21. The highest BCUT2D eigenvalue weighted by atomic mass is 35.5. The van der Waals surface area contributed by atoms with E-state index in [9.17, 15) is 4.79 Å². The lowest BCUT2D eigenvalue weighted by molar-refractivity contribution is -0.137. The Kier molecular flexibility index (Phi) is 3.92. The van der Waals surface area contributed by atoms with Crippen LogP contribution in [0.1, 0.15) is 50.9 Å². The number of nitrogens with zero attached hydrogens (tertiary/aromatic N) is 4. The van der Waals surface area contributed by atoms with Crippen LogP contribution in [-0.2, 0) is 23.3 Å². The quantitative estimate of drug-likeness (QED) is 0.847. The van der Waals surface area contributed by atoms with Crippen molar-refractivity contribution in [1.82, 2.24) is 19.7 Å². The summed E-state index contributed by atoms with van der Waals surface area (Å²) in [5, 5.41) is 9.31. The summed E-state index contributed by atoms with van der Waals surface area (Å²) in [6.07, 6.45) is 0. The summed E-state index contributed by atoms with van der Waals surface area (Å²) in [5.74, 6) is 1.75. The highest BCUT2D eigenvalue weighted by molar-refractivity contribution is 6.31. The number of benzene rings is 1. The Morgan fingerprint density at radius 3 is 2.61 bits per heavy atom. The van der Waals surface area contributed by atoms with Crippen molar-refractivity contribution >= 4 is 17.5 Å². The maximum atomic E-state index is 12.8. The second-order valence-corrected chi connectivity index (χ2v) is 7.43. The number of fused-ring (bicyclic) bond motifs is 1. The molecule has 1 aromatic heterocycles. The summed E-state index contributed by atoms with van der Waals surface area (Å²) in [7, 11) is 0. The Morgan fingerprint density at radius 2 is 1.96 bits per heavy atom. The third kappa shape index (κ3) is 2.85. The van der Waals surface area contributed by atoms with Gasteiger partial charge in [-0.1, -0.05) is 50.6 Å². The van der Waals surface area contributed by atoms with Crippen LogP contribution in [0.3, 0.4) is 0 Å². The van der Waals surface area contributed by atoms with Gasteiger partial charge in [0.1, 0.15) is 11.9 Å². The molecule has 0 bridgehead atoms. The fourth-order valence-electron chi connectivity index (χ4n) is 2.94. The van der Waals surface area contributed by atoms with Crippen LogP contribution >= 0.6 is 11.6 Å². The molecule has 0 aliphatic carbocycles. The molecule has 0 spiro atoms. The van der Waals surface area contributed by atoms with Gasteiger partial charge in [0, 0.05) is 17.0 Å². The molecule has 1 aliphatic rings. The van der Waals surface area contributed by atoms with Gasteiger partial charge in [0.25, 0.3) is 0 Å². The molecular weight excluding hydrogens is 312 g/mol. The molecule has 1 atom stereocenters. The number of halogens is 1. The van der Waals surface area contributed by atoms with Crippen molar-refractivity contribution in [3.05, 3.63) is 46.5 Å². The van der Waals surface area contributed by atoms with Gasteiger partial charge in [-0.15, -0.1) is 10.2 Å². The summed E-state index contributed by atoms with van der Waals surface area (Å²) in [4.78, 5) is 14.6. The van der Waals surface area contributed by atoms with E-state index in [-0.39, 0.29) is 17.4 Å². The van der Waals surface area contributed by atoms with Crippen LogP contribution in [0.25, 0.3) is 0 Å². The number of rotatable bonds is 2. The molecule has 0 saturated heterocycles. The molecule has 0 fully saturated rings. The normalized spacial score (nSPS) is 18.2. The molecule has 0 unspecified atom stereocenters. The van der Waals surface area contributed by atoms with Gasteiger partial charge in [-0.2, -0.15) is 0 Å². The summed E-state index contributed by atoms with van der Waals surface area (Å²) in [6.45, 7) is 9.09. The zero-order valence-corrected chi connectivity index (χ0v) is 14.6. The summed E-state index contributed by atoms with van der Waals surface area (Å²) in [6, 6.07) is 7.30. The first-order chi connectivity index (χ1) is 10.8. The third-order valence-electron chi connectivity index (χ3n) is 4.14. The predicted octanol–water partition coefficient (Wildman–Crippen LogP) is 3.33. The lowest BCUT2D eigenvalue weighted by Gasteiger charge is -2.34. The molecule has 122 valence electrons. The van der Waals surface area contributed by atoms with E-state index in [2.05, 4.69) is 31.0 Å².